The highest BCUT2D eigenvalue weighted by molar-refractivity contribution is 5.75. The zero-order valence-electron chi connectivity index (χ0n) is 9.30. The van der Waals surface area contributed by atoms with Crippen molar-refractivity contribution >= 4 is 5.91 Å². The van der Waals surface area contributed by atoms with Gasteiger partial charge in [-0.05, 0) is 32.2 Å². The van der Waals surface area contributed by atoms with E-state index in [9.17, 15) is 9.90 Å². The monoisotopic (exact) mass is 214 g/mol. The lowest BCUT2D eigenvalue weighted by molar-refractivity contribution is -0.122. The molecule has 1 fully saturated rings. The molecule has 0 radical (unpaired) electrons. The lowest BCUT2D eigenvalue weighted by Gasteiger charge is -2.22. The average molecular weight is 214 g/mol. The standard InChI is InChI=1S/C11H22N2O2/c12-8-4-1-5-10(14)13-9-11(15)6-2-3-7-11/h15H,1-9,12H2,(H,13,14). The van der Waals surface area contributed by atoms with E-state index in [4.69, 9.17) is 5.73 Å². The quantitative estimate of drug-likeness (QED) is 0.565. The van der Waals surface area contributed by atoms with E-state index in [-0.39, 0.29) is 5.91 Å². The molecule has 1 saturated carbocycles. The number of nitrogens with one attached hydrogen (secondary N) is 1. The first-order chi connectivity index (χ1) is 7.16. The zero-order valence-corrected chi connectivity index (χ0v) is 9.30. The van der Waals surface area contributed by atoms with Crippen LogP contribution in [0.2, 0.25) is 0 Å². The van der Waals surface area contributed by atoms with Gasteiger partial charge in [0.15, 0.2) is 0 Å². The molecule has 0 unspecified atom stereocenters. The van der Waals surface area contributed by atoms with E-state index in [0.717, 1.165) is 38.5 Å². The fourth-order valence-corrected chi connectivity index (χ4v) is 1.99. The van der Waals surface area contributed by atoms with Crippen LogP contribution in [0.15, 0.2) is 0 Å². The van der Waals surface area contributed by atoms with Crippen LogP contribution in [0.1, 0.15) is 44.9 Å². The summed E-state index contributed by atoms with van der Waals surface area (Å²) in [5.74, 6) is 0.0313. The molecule has 1 aliphatic rings. The molecule has 0 aromatic carbocycles. The molecule has 4 N–H and O–H groups in total. The molecular weight excluding hydrogens is 192 g/mol. The largest absolute Gasteiger partial charge is 0.388 e. The first-order valence-electron chi connectivity index (χ1n) is 5.85. The molecule has 0 aliphatic heterocycles. The second-order valence-electron chi connectivity index (χ2n) is 4.45. The number of hydrogen-bond donors (Lipinski definition) is 3. The van der Waals surface area contributed by atoms with Crippen LogP contribution in [0.25, 0.3) is 0 Å². The van der Waals surface area contributed by atoms with Crippen LogP contribution in [0, 0.1) is 0 Å². The summed E-state index contributed by atoms with van der Waals surface area (Å²) in [6.07, 6.45) is 6.01. The van der Waals surface area contributed by atoms with Gasteiger partial charge >= 0.3 is 0 Å². The highest BCUT2D eigenvalue weighted by Gasteiger charge is 2.31. The number of unbranched alkanes of at least 4 members (excludes halogenated alkanes) is 1. The molecular formula is C11H22N2O2. The minimum Gasteiger partial charge on any atom is -0.388 e. The Bertz CT molecular complexity index is 201. The lowest BCUT2D eigenvalue weighted by Crippen LogP contribution is -2.40. The third kappa shape index (κ3) is 4.62. The van der Waals surface area contributed by atoms with Gasteiger partial charge in [-0.3, -0.25) is 4.79 Å². The molecule has 1 amide bonds. The Hall–Kier alpha value is -0.610. The molecule has 4 nitrogen and oxygen atoms in total. The van der Waals surface area contributed by atoms with Crippen molar-refractivity contribution in [2.24, 2.45) is 5.73 Å². The lowest BCUT2D eigenvalue weighted by atomic mass is 10.0. The van der Waals surface area contributed by atoms with Crippen LogP contribution in [-0.2, 0) is 4.79 Å². The number of rotatable bonds is 6. The van der Waals surface area contributed by atoms with Gasteiger partial charge in [0.1, 0.15) is 0 Å². The molecule has 0 spiro atoms. The maximum Gasteiger partial charge on any atom is 0.220 e. The van der Waals surface area contributed by atoms with E-state index in [1.807, 2.05) is 0 Å². The van der Waals surface area contributed by atoms with Gasteiger partial charge in [-0.1, -0.05) is 12.8 Å². The van der Waals surface area contributed by atoms with E-state index in [1.165, 1.54) is 0 Å². The highest BCUT2D eigenvalue weighted by atomic mass is 16.3. The van der Waals surface area contributed by atoms with Gasteiger partial charge in [0.05, 0.1) is 5.60 Å². The molecule has 1 rings (SSSR count). The van der Waals surface area contributed by atoms with Crippen LogP contribution >= 0.6 is 0 Å². The van der Waals surface area contributed by atoms with Crippen molar-refractivity contribution < 1.29 is 9.90 Å². The Kier molecular flexibility index (Phi) is 5.05. The summed E-state index contributed by atoms with van der Waals surface area (Å²) >= 11 is 0. The van der Waals surface area contributed by atoms with Crippen molar-refractivity contribution in [3.05, 3.63) is 0 Å². The molecule has 0 bridgehead atoms. The highest BCUT2D eigenvalue weighted by Crippen LogP contribution is 2.28. The van der Waals surface area contributed by atoms with E-state index in [0.29, 0.717) is 19.5 Å². The van der Waals surface area contributed by atoms with E-state index in [1.54, 1.807) is 0 Å². The number of nitrogens with two attached hydrogens (primary N) is 1. The Labute approximate surface area is 91.2 Å². The Morgan fingerprint density at radius 3 is 2.60 bits per heavy atom. The van der Waals surface area contributed by atoms with E-state index < -0.39 is 5.60 Å². The molecule has 0 saturated heterocycles. The minimum absolute atomic E-state index is 0.0313. The average Bonchev–Trinajstić information content (AvgIpc) is 2.64. The van der Waals surface area contributed by atoms with Crippen LogP contribution in [0.5, 0.6) is 0 Å². The maximum atomic E-state index is 11.4. The summed E-state index contributed by atoms with van der Waals surface area (Å²) < 4.78 is 0. The van der Waals surface area contributed by atoms with E-state index in [2.05, 4.69) is 5.32 Å². The van der Waals surface area contributed by atoms with Crippen LogP contribution in [0.3, 0.4) is 0 Å². The third-order valence-corrected chi connectivity index (χ3v) is 3.01. The number of aliphatic hydroxyl groups is 1. The number of hydrogen-bond acceptors (Lipinski definition) is 3. The molecule has 0 aromatic heterocycles. The van der Waals surface area contributed by atoms with Crippen molar-refractivity contribution in [1.82, 2.24) is 5.32 Å². The number of amides is 1. The summed E-state index contributed by atoms with van der Waals surface area (Å²) in [7, 11) is 0. The summed E-state index contributed by atoms with van der Waals surface area (Å²) in [5, 5.41) is 12.8. The van der Waals surface area contributed by atoms with Gasteiger partial charge in [-0.25, -0.2) is 0 Å². The van der Waals surface area contributed by atoms with Crippen LogP contribution < -0.4 is 11.1 Å². The summed E-state index contributed by atoms with van der Waals surface area (Å²) in [4.78, 5) is 11.4. The van der Waals surface area contributed by atoms with Gasteiger partial charge in [0.25, 0.3) is 0 Å². The van der Waals surface area contributed by atoms with Crippen molar-refractivity contribution in [2.45, 2.75) is 50.5 Å². The number of carbonyl (C=O) groups is 1. The number of carbonyl (C=O) groups excluding carboxylic acids is 1. The molecule has 15 heavy (non-hydrogen) atoms. The van der Waals surface area contributed by atoms with Crippen molar-refractivity contribution in [2.75, 3.05) is 13.1 Å². The molecule has 1 aliphatic carbocycles. The normalized spacial score (nSPS) is 19.1. The molecule has 0 aromatic rings. The topological polar surface area (TPSA) is 75.4 Å². The van der Waals surface area contributed by atoms with Gasteiger partial charge < -0.3 is 16.2 Å². The molecule has 0 atom stereocenters. The second-order valence-corrected chi connectivity index (χ2v) is 4.45. The van der Waals surface area contributed by atoms with Crippen LogP contribution in [0.4, 0.5) is 0 Å². The molecule has 0 heterocycles. The smallest absolute Gasteiger partial charge is 0.220 e. The predicted octanol–water partition coefficient (Wildman–Crippen LogP) is 0.537. The predicted molar refractivity (Wildman–Crippen MR) is 59.3 cm³/mol. The fraction of sp³-hybridized carbons (Fsp3) is 0.909. The first kappa shape index (κ1) is 12.5. The van der Waals surface area contributed by atoms with Gasteiger partial charge in [0, 0.05) is 13.0 Å². The van der Waals surface area contributed by atoms with Gasteiger partial charge in [-0.15, -0.1) is 0 Å². The maximum absolute atomic E-state index is 11.4. The van der Waals surface area contributed by atoms with Crippen molar-refractivity contribution in [3.8, 4) is 0 Å². The van der Waals surface area contributed by atoms with E-state index >= 15 is 0 Å². The molecule has 4 heteroatoms. The zero-order chi connectivity index (χ0) is 11.1. The van der Waals surface area contributed by atoms with Gasteiger partial charge in [0.2, 0.25) is 5.91 Å². The summed E-state index contributed by atoms with van der Waals surface area (Å²) in [6, 6.07) is 0. The second kappa shape index (κ2) is 6.08. The van der Waals surface area contributed by atoms with Crippen molar-refractivity contribution in [1.29, 1.82) is 0 Å². The minimum atomic E-state index is -0.635. The third-order valence-electron chi connectivity index (χ3n) is 3.01. The Morgan fingerprint density at radius 1 is 1.33 bits per heavy atom. The van der Waals surface area contributed by atoms with Gasteiger partial charge in [-0.2, -0.15) is 0 Å². The van der Waals surface area contributed by atoms with Crippen LogP contribution in [-0.4, -0.2) is 29.7 Å². The summed E-state index contributed by atoms with van der Waals surface area (Å²) in [6.45, 7) is 1.05. The SMILES string of the molecule is NCCCCC(=O)NCC1(O)CCCC1. The Balaban J connectivity index is 2.10. The molecule has 88 valence electrons. The Morgan fingerprint density at radius 2 is 2.00 bits per heavy atom. The summed E-state index contributed by atoms with van der Waals surface area (Å²) in [5.41, 5.74) is 4.70. The fourth-order valence-electron chi connectivity index (χ4n) is 1.99. The first-order valence-corrected chi connectivity index (χ1v) is 5.85. The van der Waals surface area contributed by atoms with Crippen molar-refractivity contribution in [3.63, 3.8) is 0 Å².